The Kier molecular flexibility index (Phi) is 8.42. The largest absolute Gasteiger partial charge is 0.459 e. The summed E-state index contributed by atoms with van der Waals surface area (Å²) in [5.74, 6) is 2.64. The number of imidazole rings is 1. The summed E-state index contributed by atoms with van der Waals surface area (Å²) in [6, 6.07) is 7.68. The fourth-order valence-electron chi connectivity index (χ4n) is 10.9. The van der Waals surface area contributed by atoms with E-state index in [-0.39, 0.29) is 36.1 Å². The zero-order valence-electron chi connectivity index (χ0n) is 32.1. The number of nitriles is 2. The number of nitrogen functional groups attached to an aromatic ring is 1. The first-order valence-electron chi connectivity index (χ1n) is 20.2. The minimum absolute atomic E-state index is 0.0429. The van der Waals surface area contributed by atoms with Crippen molar-refractivity contribution in [2.75, 3.05) is 31.3 Å². The van der Waals surface area contributed by atoms with Crippen LogP contribution in [0.5, 0.6) is 6.01 Å². The van der Waals surface area contributed by atoms with E-state index in [0.29, 0.717) is 46.5 Å². The lowest BCUT2D eigenvalue weighted by Crippen LogP contribution is -2.53. The monoisotopic (exact) mass is 773 g/mol. The molecule has 290 valence electrons. The summed E-state index contributed by atoms with van der Waals surface area (Å²) in [5, 5.41) is 25.2. The Hall–Kier alpha value is -4.99. The normalized spacial score (nSPS) is 28.5. The lowest BCUT2D eigenvalue weighted by molar-refractivity contribution is 0.0977. The van der Waals surface area contributed by atoms with Crippen molar-refractivity contribution in [3.8, 4) is 29.6 Å². The molecule has 4 fully saturated rings. The Balaban J connectivity index is 0.996. The van der Waals surface area contributed by atoms with Crippen molar-refractivity contribution in [3.63, 3.8) is 0 Å². The summed E-state index contributed by atoms with van der Waals surface area (Å²) in [5.41, 5.74) is 10.3. The molecular formula is C41H47N11O3S. The Morgan fingerprint density at radius 3 is 2.68 bits per heavy atom. The van der Waals surface area contributed by atoms with Crippen LogP contribution in [0, 0.1) is 34.5 Å². The Bertz CT molecular complexity index is 2290. The molecule has 2 aliphatic heterocycles. The number of likely N-dealkylation sites (N-methyl/N-ethyl adjacent to an activating group) is 1. The quantitative estimate of drug-likeness (QED) is 0.236. The molecule has 2 saturated carbocycles. The molecule has 6 aliphatic rings. The first-order chi connectivity index (χ1) is 27.2. The number of carbonyl (C=O) groups excluding carboxylic acids is 1. The molecule has 0 radical (unpaired) electrons. The third-order valence-electron chi connectivity index (χ3n) is 14.0. The Morgan fingerprint density at radius 2 is 1.93 bits per heavy atom. The van der Waals surface area contributed by atoms with Gasteiger partial charge in [-0.2, -0.15) is 20.5 Å². The highest BCUT2D eigenvalue weighted by atomic mass is 32.1. The molecule has 4 aliphatic carbocycles. The van der Waals surface area contributed by atoms with Crippen LogP contribution in [0.15, 0.2) is 23.0 Å². The van der Waals surface area contributed by atoms with Gasteiger partial charge in [-0.25, -0.2) is 14.3 Å². The maximum absolute atomic E-state index is 13.7. The second kappa shape index (κ2) is 13.3. The minimum atomic E-state index is -0.412. The summed E-state index contributed by atoms with van der Waals surface area (Å²) >= 11 is 1.55. The van der Waals surface area contributed by atoms with Gasteiger partial charge in [0.1, 0.15) is 34.8 Å². The van der Waals surface area contributed by atoms with Crippen molar-refractivity contribution < 1.29 is 14.1 Å². The van der Waals surface area contributed by atoms with Gasteiger partial charge in [0.05, 0.1) is 11.3 Å². The maximum atomic E-state index is 13.7. The van der Waals surface area contributed by atoms with Crippen molar-refractivity contribution in [3.05, 3.63) is 51.5 Å². The number of anilines is 2. The second-order valence-electron chi connectivity index (χ2n) is 17.0. The van der Waals surface area contributed by atoms with E-state index in [1.54, 1.807) is 17.5 Å². The number of carbonyl (C=O) groups is 1. The van der Waals surface area contributed by atoms with E-state index in [9.17, 15) is 15.3 Å². The van der Waals surface area contributed by atoms with Gasteiger partial charge in [0.2, 0.25) is 5.82 Å². The molecule has 14 nitrogen and oxygen atoms in total. The molecule has 2 saturated heterocycles. The van der Waals surface area contributed by atoms with Crippen LogP contribution >= 0.6 is 11.3 Å². The van der Waals surface area contributed by atoms with Gasteiger partial charge in [-0.15, -0.1) is 11.3 Å². The van der Waals surface area contributed by atoms with Crippen LogP contribution in [-0.2, 0) is 18.3 Å². The molecule has 10 rings (SSSR count). The predicted molar refractivity (Wildman–Crippen MR) is 208 cm³/mol. The summed E-state index contributed by atoms with van der Waals surface area (Å²) in [6.07, 6.45) is 14.5. The molecule has 0 aromatic carbocycles. The van der Waals surface area contributed by atoms with Crippen LogP contribution in [0.1, 0.15) is 104 Å². The van der Waals surface area contributed by atoms with E-state index in [0.717, 1.165) is 99.2 Å². The van der Waals surface area contributed by atoms with Gasteiger partial charge < -0.3 is 24.8 Å². The highest BCUT2D eigenvalue weighted by Gasteiger charge is 2.52. The molecule has 1 amide bonds. The molecular weight excluding hydrogens is 727 g/mol. The summed E-state index contributed by atoms with van der Waals surface area (Å²) in [7, 11) is 4.28. The number of amides is 1. The number of nitrogens with two attached hydrogens (primary N) is 1. The van der Waals surface area contributed by atoms with Crippen molar-refractivity contribution in [1.82, 2.24) is 34.5 Å². The number of fused-ring (bicyclic) bond motifs is 5. The SMILES string of the molecule is C[C@H](Oc1nc(-c2onc3c2CCC[C@@]32CCCc3sc(N)c(C#N)c32)cc(N(C)C2CCN(C(=O)n3ccnc3C#N)C(C3CC3)C2)n1)[C@@H]1C[C@@H]2C[C@@H]2N1C. The molecule has 56 heavy (non-hydrogen) atoms. The maximum Gasteiger partial charge on any atom is 0.330 e. The fourth-order valence-corrected chi connectivity index (χ4v) is 12.0. The second-order valence-corrected chi connectivity index (χ2v) is 18.2. The Labute approximate surface area is 330 Å². The third kappa shape index (κ3) is 5.60. The van der Waals surface area contributed by atoms with Gasteiger partial charge in [0.15, 0.2) is 5.76 Å². The van der Waals surface area contributed by atoms with Gasteiger partial charge in [0.25, 0.3) is 0 Å². The molecule has 2 unspecified atom stereocenters. The topological polar surface area (TPSA) is 179 Å². The summed E-state index contributed by atoms with van der Waals surface area (Å²) < 4.78 is 14.4. The minimum Gasteiger partial charge on any atom is -0.459 e. The highest BCUT2D eigenvalue weighted by molar-refractivity contribution is 7.16. The van der Waals surface area contributed by atoms with Crippen LogP contribution in [-0.4, -0.2) is 91.4 Å². The van der Waals surface area contributed by atoms with E-state index in [1.807, 2.05) is 17.0 Å². The van der Waals surface area contributed by atoms with Crippen LogP contribution in [0.3, 0.4) is 0 Å². The number of aromatic nitrogens is 5. The van der Waals surface area contributed by atoms with Crippen LogP contribution in [0.25, 0.3) is 11.5 Å². The number of piperidine rings is 2. The zero-order valence-corrected chi connectivity index (χ0v) is 33.0. The molecule has 4 aromatic heterocycles. The highest BCUT2D eigenvalue weighted by Crippen LogP contribution is 2.55. The van der Waals surface area contributed by atoms with Crippen LogP contribution in [0.4, 0.5) is 15.6 Å². The molecule has 4 aromatic rings. The number of ether oxygens (including phenoxy) is 1. The van der Waals surface area contributed by atoms with Crippen LogP contribution < -0.4 is 15.4 Å². The smallest absolute Gasteiger partial charge is 0.330 e. The van der Waals surface area contributed by atoms with E-state index in [2.05, 4.69) is 41.9 Å². The molecule has 15 heteroatoms. The van der Waals surface area contributed by atoms with Crippen LogP contribution in [0.2, 0.25) is 0 Å². The molecule has 7 atom stereocenters. The third-order valence-corrected chi connectivity index (χ3v) is 15.1. The lowest BCUT2D eigenvalue weighted by atomic mass is 9.62. The number of nitrogens with zero attached hydrogens (tertiary/aromatic N) is 10. The van der Waals surface area contributed by atoms with Gasteiger partial charge in [-0.3, -0.25) is 4.90 Å². The van der Waals surface area contributed by atoms with Gasteiger partial charge >= 0.3 is 12.0 Å². The molecule has 0 bridgehead atoms. The number of aryl methyl sites for hydroxylation is 1. The van der Waals surface area contributed by atoms with Crippen molar-refractivity contribution in [2.24, 2.45) is 11.8 Å². The summed E-state index contributed by atoms with van der Waals surface area (Å²) in [4.78, 5) is 35.8. The fraction of sp³-hybridized carbons (Fsp3) is 0.585. The zero-order chi connectivity index (χ0) is 38.5. The first-order valence-corrected chi connectivity index (χ1v) is 21.1. The molecule has 2 N–H and O–H groups in total. The molecule has 1 spiro atoms. The van der Waals surface area contributed by atoms with E-state index < -0.39 is 5.41 Å². The van der Waals surface area contributed by atoms with E-state index in [1.165, 1.54) is 22.1 Å². The van der Waals surface area contributed by atoms with Crippen molar-refractivity contribution in [2.45, 2.75) is 120 Å². The van der Waals surface area contributed by atoms with Crippen molar-refractivity contribution in [1.29, 1.82) is 10.5 Å². The summed E-state index contributed by atoms with van der Waals surface area (Å²) in [6.45, 7) is 2.68. The van der Waals surface area contributed by atoms with Gasteiger partial charge in [-0.05, 0) is 108 Å². The number of hydrogen-bond donors (Lipinski definition) is 1. The average Bonchev–Trinajstić information content (AvgIpc) is 4.01. The number of rotatable bonds is 7. The van der Waals surface area contributed by atoms with Gasteiger partial charge in [0, 0.05) is 72.1 Å². The average molecular weight is 774 g/mol. The predicted octanol–water partition coefficient (Wildman–Crippen LogP) is 5.88. The first kappa shape index (κ1) is 35.4. The Morgan fingerprint density at radius 1 is 1.11 bits per heavy atom. The lowest BCUT2D eigenvalue weighted by Gasteiger charge is -2.43. The molecule has 6 heterocycles. The van der Waals surface area contributed by atoms with E-state index in [4.69, 9.17) is 30.1 Å². The van der Waals surface area contributed by atoms with Gasteiger partial charge in [-0.1, -0.05) is 5.16 Å². The number of thiophene rings is 1. The van der Waals surface area contributed by atoms with E-state index >= 15 is 0 Å². The number of hydrogen-bond acceptors (Lipinski definition) is 13. The standard InChI is InChI=1S/C41H47N11O3S/c1-22(29-16-24-17-30(24)50(29)3)54-39-46-28(36-26-6-4-11-41(37(26)48-55-36)12-5-7-32-35(41)27(20-42)38(44)56-32)19-33(47-39)49(2)25-10-14-51(31(18-25)23-8-9-23)40(53)52-15-13-45-34(52)21-43/h13,15,19,22-25,29-31H,4-12,14,16-18,44H2,1-3H3/t22-,24+,25?,29-,30-,31?,41-/m0/s1. The van der Waals surface area contributed by atoms with Crippen molar-refractivity contribution >= 4 is 28.2 Å². The number of likely N-dealkylation sites (tertiary alicyclic amines) is 2.